The molecule has 38 heavy (non-hydrogen) atoms. The van der Waals surface area contributed by atoms with E-state index in [4.69, 9.17) is 23.2 Å². The molecule has 3 aromatic carbocycles. The van der Waals surface area contributed by atoms with Gasteiger partial charge in [-0.15, -0.1) is 0 Å². The molecule has 0 aromatic heterocycles. The number of nitrogens with zero attached hydrogens (tertiary/aromatic N) is 2. The number of rotatable bonds is 10. The van der Waals surface area contributed by atoms with Crippen LogP contribution in [0.2, 0.25) is 10.0 Å². The van der Waals surface area contributed by atoms with Gasteiger partial charge in [-0.25, -0.2) is 8.42 Å². The summed E-state index contributed by atoms with van der Waals surface area (Å²) >= 11 is 12.4. The molecule has 0 aliphatic heterocycles. The smallest absolute Gasteiger partial charge is 0.264 e. The Kier molecular flexibility index (Phi) is 9.82. The van der Waals surface area contributed by atoms with E-state index in [9.17, 15) is 18.0 Å². The molecule has 202 valence electrons. The SMILES string of the molecule is Cc1ccc(N(CC(=O)N(Cc2ccc(Cl)cc2)[C@@H](C)C(=O)NC(C)C)S(=O)(=O)c2ccccc2)cc1Cl. The Morgan fingerprint density at radius 2 is 1.55 bits per heavy atom. The third-order valence-electron chi connectivity index (χ3n) is 5.92. The van der Waals surface area contributed by atoms with E-state index < -0.39 is 28.5 Å². The number of anilines is 1. The lowest BCUT2D eigenvalue weighted by molar-refractivity contribution is -0.139. The maximum absolute atomic E-state index is 13.8. The van der Waals surface area contributed by atoms with Crippen molar-refractivity contribution in [2.45, 2.75) is 51.2 Å². The van der Waals surface area contributed by atoms with Crippen molar-refractivity contribution in [3.63, 3.8) is 0 Å². The van der Waals surface area contributed by atoms with Crippen molar-refractivity contribution in [3.05, 3.63) is 94.0 Å². The molecule has 1 atom stereocenters. The van der Waals surface area contributed by atoms with E-state index in [1.54, 1.807) is 68.4 Å². The van der Waals surface area contributed by atoms with Crippen LogP contribution in [-0.2, 0) is 26.2 Å². The lowest BCUT2D eigenvalue weighted by Gasteiger charge is -2.32. The van der Waals surface area contributed by atoms with Crippen LogP contribution in [0.5, 0.6) is 0 Å². The highest BCUT2D eigenvalue weighted by Gasteiger charge is 2.32. The number of hydrogen-bond acceptors (Lipinski definition) is 4. The van der Waals surface area contributed by atoms with E-state index in [2.05, 4.69) is 5.32 Å². The molecule has 0 unspecified atom stereocenters. The largest absolute Gasteiger partial charge is 0.352 e. The van der Waals surface area contributed by atoms with Gasteiger partial charge in [0, 0.05) is 22.6 Å². The first-order valence-corrected chi connectivity index (χ1v) is 14.3. The van der Waals surface area contributed by atoms with E-state index in [-0.39, 0.29) is 29.1 Å². The molecule has 7 nitrogen and oxygen atoms in total. The molecule has 0 saturated carbocycles. The third-order valence-corrected chi connectivity index (χ3v) is 8.37. The fourth-order valence-corrected chi connectivity index (χ4v) is 5.49. The highest BCUT2D eigenvalue weighted by molar-refractivity contribution is 7.92. The van der Waals surface area contributed by atoms with Gasteiger partial charge in [-0.1, -0.05) is 59.6 Å². The Bertz CT molecular complexity index is 1380. The predicted molar refractivity (Wildman–Crippen MR) is 152 cm³/mol. The molecule has 0 spiro atoms. The van der Waals surface area contributed by atoms with Gasteiger partial charge in [0.25, 0.3) is 10.0 Å². The number of carbonyl (C=O) groups excluding carboxylic acids is 2. The quantitative estimate of drug-likeness (QED) is 0.348. The Labute approximate surface area is 234 Å². The van der Waals surface area contributed by atoms with Gasteiger partial charge in [-0.2, -0.15) is 0 Å². The van der Waals surface area contributed by atoms with Crippen molar-refractivity contribution in [2.75, 3.05) is 10.8 Å². The summed E-state index contributed by atoms with van der Waals surface area (Å²) in [5.74, 6) is -0.902. The van der Waals surface area contributed by atoms with Gasteiger partial charge in [0.05, 0.1) is 10.6 Å². The van der Waals surface area contributed by atoms with Gasteiger partial charge in [-0.3, -0.25) is 13.9 Å². The molecule has 2 amide bonds. The molecule has 0 aliphatic carbocycles. The zero-order chi connectivity index (χ0) is 28.0. The van der Waals surface area contributed by atoms with Crippen molar-refractivity contribution < 1.29 is 18.0 Å². The van der Waals surface area contributed by atoms with Gasteiger partial charge in [0.1, 0.15) is 12.6 Å². The average molecular weight is 577 g/mol. The van der Waals surface area contributed by atoms with Crippen molar-refractivity contribution in [3.8, 4) is 0 Å². The molecule has 3 aromatic rings. The zero-order valence-electron chi connectivity index (χ0n) is 21.7. The number of benzene rings is 3. The molecular weight excluding hydrogens is 545 g/mol. The average Bonchev–Trinajstić information content (AvgIpc) is 2.88. The summed E-state index contributed by atoms with van der Waals surface area (Å²) < 4.78 is 28.5. The highest BCUT2D eigenvalue weighted by atomic mass is 35.5. The van der Waals surface area contributed by atoms with Crippen molar-refractivity contribution in [1.29, 1.82) is 0 Å². The summed E-state index contributed by atoms with van der Waals surface area (Å²) in [6.07, 6.45) is 0. The van der Waals surface area contributed by atoms with Crippen LogP contribution >= 0.6 is 23.2 Å². The van der Waals surface area contributed by atoms with E-state index >= 15 is 0 Å². The number of nitrogens with one attached hydrogen (secondary N) is 1. The normalized spacial score (nSPS) is 12.2. The van der Waals surface area contributed by atoms with Crippen LogP contribution in [-0.4, -0.2) is 43.8 Å². The summed E-state index contributed by atoms with van der Waals surface area (Å²) in [5.41, 5.74) is 1.74. The molecule has 0 heterocycles. The standard InChI is InChI=1S/C28H31Cl2N3O4S/c1-19(2)31-28(35)21(4)32(17-22-11-13-23(29)14-12-22)27(34)18-33(24-15-10-20(3)26(30)16-24)38(36,37)25-8-6-5-7-9-25/h5-16,19,21H,17-18H2,1-4H3,(H,31,35)/t21-/m0/s1. The van der Waals surface area contributed by atoms with E-state index in [0.717, 1.165) is 15.4 Å². The summed E-state index contributed by atoms with van der Waals surface area (Å²) in [7, 11) is -4.15. The monoisotopic (exact) mass is 575 g/mol. The summed E-state index contributed by atoms with van der Waals surface area (Å²) in [6, 6.07) is 18.6. The van der Waals surface area contributed by atoms with E-state index in [1.807, 2.05) is 13.8 Å². The molecule has 0 bridgehead atoms. The van der Waals surface area contributed by atoms with Crippen LogP contribution in [0, 0.1) is 6.92 Å². The predicted octanol–water partition coefficient (Wildman–Crippen LogP) is 5.44. The summed E-state index contributed by atoms with van der Waals surface area (Å²) in [4.78, 5) is 28.2. The highest BCUT2D eigenvalue weighted by Crippen LogP contribution is 2.28. The molecule has 0 aliphatic rings. The van der Waals surface area contributed by atoms with E-state index in [0.29, 0.717) is 10.0 Å². The topological polar surface area (TPSA) is 86.8 Å². The maximum Gasteiger partial charge on any atom is 0.264 e. The minimum absolute atomic E-state index is 0.0272. The molecular formula is C28H31Cl2N3O4S. The maximum atomic E-state index is 13.8. The molecule has 1 N–H and O–H groups in total. The van der Waals surface area contributed by atoms with E-state index in [1.165, 1.54) is 23.1 Å². The number of amides is 2. The minimum atomic E-state index is -4.15. The van der Waals surface area contributed by atoms with Gasteiger partial charge in [0.15, 0.2) is 0 Å². The second kappa shape index (κ2) is 12.7. The van der Waals surface area contributed by atoms with Crippen molar-refractivity contribution in [2.24, 2.45) is 0 Å². The molecule has 10 heteroatoms. The van der Waals surface area contributed by atoms with Gasteiger partial charge < -0.3 is 10.2 Å². The second-order valence-electron chi connectivity index (χ2n) is 9.25. The number of carbonyl (C=O) groups is 2. The lowest BCUT2D eigenvalue weighted by Crippen LogP contribution is -2.52. The van der Waals surface area contributed by atoms with Crippen LogP contribution in [0.25, 0.3) is 0 Å². The number of hydrogen-bond donors (Lipinski definition) is 1. The Balaban J connectivity index is 2.04. The molecule has 0 saturated heterocycles. The fourth-order valence-electron chi connectivity index (χ4n) is 3.76. The third kappa shape index (κ3) is 7.28. The molecule has 0 fully saturated rings. The van der Waals surface area contributed by atoms with Gasteiger partial charge in [-0.05, 0) is 75.2 Å². The Hall–Kier alpha value is -3.07. The fraction of sp³-hybridized carbons (Fsp3) is 0.286. The molecule has 3 rings (SSSR count). The van der Waals surface area contributed by atoms with Gasteiger partial charge in [0.2, 0.25) is 11.8 Å². The Morgan fingerprint density at radius 1 is 0.921 bits per heavy atom. The number of aryl methyl sites for hydroxylation is 1. The zero-order valence-corrected chi connectivity index (χ0v) is 24.0. The van der Waals surface area contributed by atoms with Crippen LogP contribution in [0.15, 0.2) is 77.7 Å². The van der Waals surface area contributed by atoms with Gasteiger partial charge >= 0.3 is 0 Å². The summed E-state index contributed by atoms with van der Waals surface area (Å²) in [5, 5.41) is 3.73. The Morgan fingerprint density at radius 3 is 2.13 bits per heavy atom. The van der Waals surface area contributed by atoms with Crippen molar-refractivity contribution in [1.82, 2.24) is 10.2 Å². The van der Waals surface area contributed by atoms with Crippen LogP contribution in [0.4, 0.5) is 5.69 Å². The first-order valence-electron chi connectivity index (χ1n) is 12.1. The first kappa shape index (κ1) is 29.5. The minimum Gasteiger partial charge on any atom is -0.352 e. The molecule has 0 radical (unpaired) electrons. The lowest BCUT2D eigenvalue weighted by atomic mass is 10.1. The van der Waals surface area contributed by atoms with Crippen molar-refractivity contribution >= 4 is 50.7 Å². The number of halogens is 2. The summed E-state index contributed by atoms with van der Waals surface area (Å²) in [6.45, 7) is 6.61. The second-order valence-corrected chi connectivity index (χ2v) is 12.0. The number of sulfonamides is 1. The van der Waals surface area contributed by atoms with Crippen LogP contribution in [0.3, 0.4) is 0 Å². The van der Waals surface area contributed by atoms with Crippen LogP contribution < -0.4 is 9.62 Å². The van der Waals surface area contributed by atoms with Crippen LogP contribution in [0.1, 0.15) is 31.9 Å². The first-order chi connectivity index (χ1) is 17.9.